The summed E-state index contributed by atoms with van der Waals surface area (Å²) in [4.78, 5) is 26.6. The molecule has 0 saturated carbocycles. The van der Waals surface area contributed by atoms with Crippen LogP contribution in [0.15, 0.2) is 30.3 Å². The molecule has 0 aliphatic carbocycles. The van der Waals surface area contributed by atoms with Gasteiger partial charge in [0.25, 0.3) is 0 Å². The molecule has 0 radical (unpaired) electrons. The summed E-state index contributed by atoms with van der Waals surface area (Å²) in [6.45, 7) is 4.60. The van der Waals surface area contributed by atoms with E-state index in [9.17, 15) is 9.59 Å². The van der Waals surface area contributed by atoms with Gasteiger partial charge in [0, 0.05) is 24.7 Å². The van der Waals surface area contributed by atoms with Crippen molar-refractivity contribution in [1.29, 1.82) is 5.26 Å². The van der Waals surface area contributed by atoms with Crippen LogP contribution >= 0.6 is 0 Å². The van der Waals surface area contributed by atoms with Crippen LogP contribution in [0, 0.1) is 31.1 Å². The first-order valence-electron chi connectivity index (χ1n) is 8.57. The van der Waals surface area contributed by atoms with Gasteiger partial charge in [0.05, 0.1) is 30.6 Å². The quantitative estimate of drug-likeness (QED) is 0.895. The fourth-order valence-electron chi connectivity index (χ4n) is 3.06. The lowest BCUT2D eigenvalue weighted by Gasteiger charge is -2.17. The van der Waals surface area contributed by atoms with Gasteiger partial charge in [-0.1, -0.05) is 17.7 Å². The number of amides is 2. The van der Waals surface area contributed by atoms with Gasteiger partial charge >= 0.3 is 0 Å². The van der Waals surface area contributed by atoms with Gasteiger partial charge in [-0.05, 0) is 26.0 Å². The zero-order valence-corrected chi connectivity index (χ0v) is 14.9. The highest BCUT2D eigenvalue weighted by Gasteiger charge is 2.35. The first-order valence-corrected chi connectivity index (χ1v) is 8.57. The highest BCUT2D eigenvalue weighted by molar-refractivity contribution is 6.03. The van der Waals surface area contributed by atoms with Gasteiger partial charge in [-0.3, -0.25) is 9.59 Å². The molecule has 1 aliphatic rings. The molecule has 2 amide bonds. The molecular formula is C19H21N5O2. The summed E-state index contributed by atoms with van der Waals surface area (Å²) in [5.41, 5.74) is 2.70. The maximum atomic E-state index is 12.6. The first-order chi connectivity index (χ1) is 12.5. The molecule has 1 atom stereocenters. The molecule has 3 rings (SSSR count). The van der Waals surface area contributed by atoms with E-state index in [2.05, 4.69) is 16.5 Å². The van der Waals surface area contributed by atoms with E-state index >= 15 is 0 Å². The second kappa shape index (κ2) is 7.40. The van der Waals surface area contributed by atoms with E-state index in [0.29, 0.717) is 25.3 Å². The number of nitrogens with one attached hydrogen (secondary N) is 1. The Hall–Kier alpha value is -3.14. The highest BCUT2D eigenvalue weighted by atomic mass is 16.2. The minimum atomic E-state index is -0.413. The highest BCUT2D eigenvalue weighted by Crippen LogP contribution is 2.26. The van der Waals surface area contributed by atoms with Crippen LogP contribution < -0.4 is 10.2 Å². The lowest BCUT2D eigenvalue weighted by Crippen LogP contribution is -2.28. The predicted octanol–water partition coefficient (Wildman–Crippen LogP) is 2.41. The maximum absolute atomic E-state index is 12.6. The molecule has 2 aromatic rings. The Labute approximate surface area is 152 Å². The number of aromatic nitrogens is 2. The second-order valence-corrected chi connectivity index (χ2v) is 6.53. The van der Waals surface area contributed by atoms with Crippen molar-refractivity contribution in [1.82, 2.24) is 9.78 Å². The molecule has 1 aromatic heterocycles. The average molecular weight is 351 g/mol. The van der Waals surface area contributed by atoms with E-state index < -0.39 is 5.92 Å². The number of rotatable bonds is 5. The van der Waals surface area contributed by atoms with Crippen molar-refractivity contribution in [3.8, 4) is 6.07 Å². The van der Waals surface area contributed by atoms with Crippen LogP contribution in [0.3, 0.4) is 0 Å². The Balaban J connectivity index is 1.69. The van der Waals surface area contributed by atoms with E-state index in [1.165, 1.54) is 0 Å². The number of hydrogen-bond donors (Lipinski definition) is 1. The van der Waals surface area contributed by atoms with E-state index in [1.54, 1.807) is 15.6 Å². The summed E-state index contributed by atoms with van der Waals surface area (Å²) in [6.07, 6.45) is 0.498. The second-order valence-electron chi connectivity index (χ2n) is 6.53. The Morgan fingerprint density at radius 1 is 1.35 bits per heavy atom. The molecule has 1 saturated heterocycles. The SMILES string of the molecule is Cc1ccc(N2C[C@@H](C(=O)Nc3cc(C)nn3CCC#N)CC2=O)cc1. The van der Waals surface area contributed by atoms with Gasteiger partial charge in [-0.15, -0.1) is 0 Å². The van der Waals surface area contributed by atoms with Gasteiger partial charge in [-0.25, -0.2) is 4.68 Å². The standard InChI is InChI=1S/C19H21N5O2/c1-13-4-6-16(7-5-13)23-12-15(11-18(23)25)19(26)21-17-10-14(2)22-24(17)9-3-8-20/h4-7,10,15H,3,9,11-12H2,1-2H3,(H,21,26)/t15-/m0/s1. The third-order valence-electron chi connectivity index (χ3n) is 4.43. The molecule has 26 heavy (non-hydrogen) atoms. The van der Waals surface area contributed by atoms with Crippen molar-refractivity contribution >= 4 is 23.3 Å². The van der Waals surface area contributed by atoms with Crippen LogP contribution in [0.5, 0.6) is 0 Å². The van der Waals surface area contributed by atoms with Crippen LogP contribution in [0.1, 0.15) is 24.1 Å². The third kappa shape index (κ3) is 3.75. The summed E-state index contributed by atoms with van der Waals surface area (Å²) in [5.74, 6) is -0.110. The van der Waals surface area contributed by atoms with Gasteiger partial charge in [0.1, 0.15) is 5.82 Å². The Morgan fingerprint density at radius 2 is 2.08 bits per heavy atom. The summed E-state index contributed by atoms with van der Waals surface area (Å²) in [6, 6.07) is 11.5. The first kappa shape index (κ1) is 17.7. The fraction of sp³-hybridized carbons (Fsp3) is 0.368. The Kier molecular flexibility index (Phi) is 5.03. The number of carbonyl (C=O) groups excluding carboxylic acids is 2. The molecule has 1 aliphatic heterocycles. The van der Waals surface area contributed by atoms with Gasteiger partial charge < -0.3 is 10.2 Å². The number of anilines is 2. The molecule has 1 fully saturated rings. The van der Waals surface area contributed by atoms with Gasteiger partial charge in [0.15, 0.2) is 0 Å². The fourth-order valence-corrected chi connectivity index (χ4v) is 3.06. The van der Waals surface area contributed by atoms with E-state index in [4.69, 9.17) is 5.26 Å². The molecule has 7 nitrogen and oxygen atoms in total. The number of carbonyl (C=O) groups is 2. The van der Waals surface area contributed by atoms with Crippen LogP contribution in [-0.4, -0.2) is 28.1 Å². The normalized spacial score (nSPS) is 16.6. The zero-order chi connectivity index (χ0) is 18.7. The van der Waals surface area contributed by atoms with Crippen LogP contribution in [-0.2, 0) is 16.1 Å². The average Bonchev–Trinajstić information content (AvgIpc) is 3.16. The number of hydrogen-bond acceptors (Lipinski definition) is 4. The molecular weight excluding hydrogens is 330 g/mol. The molecule has 0 bridgehead atoms. The third-order valence-corrected chi connectivity index (χ3v) is 4.43. The number of benzene rings is 1. The molecule has 1 aromatic carbocycles. The summed E-state index contributed by atoms with van der Waals surface area (Å²) < 4.78 is 1.62. The predicted molar refractivity (Wildman–Crippen MR) is 97.5 cm³/mol. The Bertz CT molecular complexity index is 863. The van der Waals surface area contributed by atoms with E-state index in [1.807, 2.05) is 38.1 Å². The zero-order valence-electron chi connectivity index (χ0n) is 14.9. The molecule has 7 heteroatoms. The molecule has 0 unspecified atom stereocenters. The van der Waals surface area contributed by atoms with Crippen LogP contribution in [0.25, 0.3) is 0 Å². The maximum Gasteiger partial charge on any atom is 0.230 e. The summed E-state index contributed by atoms with van der Waals surface area (Å²) in [5, 5.41) is 15.9. The summed E-state index contributed by atoms with van der Waals surface area (Å²) in [7, 11) is 0. The molecule has 134 valence electrons. The molecule has 2 heterocycles. The van der Waals surface area contributed by atoms with Crippen LogP contribution in [0.2, 0.25) is 0 Å². The largest absolute Gasteiger partial charge is 0.312 e. The molecule has 1 N–H and O–H groups in total. The monoisotopic (exact) mass is 351 g/mol. The number of aryl methyl sites for hydroxylation is 3. The van der Waals surface area contributed by atoms with E-state index in [-0.39, 0.29) is 18.2 Å². The van der Waals surface area contributed by atoms with Gasteiger partial charge in [0.2, 0.25) is 11.8 Å². The van der Waals surface area contributed by atoms with Crippen molar-refractivity contribution in [3.63, 3.8) is 0 Å². The van der Waals surface area contributed by atoms with Crippen molar-refractivity contribution in [2.24, 2.45) is 5.92 Å². The minimum absolute atomic E-state index is 0.0526. The molecule has 0 spiro atoms. The Morgan fingerprint density at radius 3 is 2.77 bits per heavy atom. The number of nitriles is 1. The lowest BCUT2D eigenvalue weighted by atomic mass is 10.1. The van der Waals surface area contributed by atoms with Crippen molar-refractivity contribution in [3.05, 3.63) is 41.6 Å². The van der Waals surface area contributed by atoms with Crippen molar-refractivity contribution < 1.29 is 9.59 Å². The minimum Gasteiger partial charge on any atom is -0.312 e. The van der Waals surface area contributed by atoms with Crippen molar-refractivity contribution in [2.75, 3.05) is 16.8 Å². The lowest BCUT2D eigenvalue weighted by molar-refractivity contribution is -0.122. The van der Waals surface area contributed by atoms with Crippen molar-refractivity contribution in [2.45, 2.75) is 33.2 Å². The topological polar surface area (TPSA) is 91.0 Å². The number of nitrogens with zero attached hydrogens (tertiary/aromatic N) is 4. The van der Waals surface area contributed by atoms with Crippen LogP contribution in [0.4, 0.5) is 11.5 Å². The summed E-state index contributed by atoms with van der Waals surface area (Å²) >= 11 is 0. The van der Waals surface area contributed by atoms with Gasteiger partial charge in [-0.2, -0.15) is 10.4 Å². The smallest absolute Gasteiger partial charge is 0.230 e. The van der Waals surface area contributed by atoms with E-state index in [0.717, 1.165) is 16.9 Å².